The van der Waals surface area contributed by atoms with Crippen LogP contribution in [-0.2, 0) is 14.3 Å². The molecule has 3 nitrogen and oxygen atoms in total. The molecule has 0 N–H and O–H groups in total. The van der Waals surface area contributed by atoms with Gasteiger partial charge >= 0.3 is 0 Å². The van der Waals surface area contributed by atoms with Crippen molar-refractivity contribution in [3.05, 3.63) is 29.8 Å². The van der Waals surface area contributed by atoms with Gasteiger partial charge in [0.1, 0.15) is 0 Å². The number of hydrogen-bond acceptors (Lipinski definition) is 3. The number of rotatable bonds is 5. The molecule has 2 rings (SSSR count). The van der Waals surface area contributed by atoms with Crippen molar-refractivity contribution in [1.29, 1.82) is 0 Å². The van der Waals surface area contributed by atoms with Gasteiger partial charge in [-0.2, -0.15) is 8.42 Å². The van der Waals surface area contributed by atoms with E-state index in [1.807, 2.05) is 6.92 Å². The Bertz CT molecular complexity index is 511. The first-order valence-corrected chi connectivity index (χ1v) is 9.45. The lowest BCUT2D eigenvalue weighted by Gasteiger charge is -2.19. The average molecular weight is 310 g/mol. The summed E-state index contributed by atoms with van der Waals surface area (Å²) in [7, 11) is -3.59. The van der Waals surface area contributed by atoms with Gasteiger partial charge < -0.3 is 0 Å². The SMILES string of the molecule is Cc1ccc(S(=O)(=O)OCCC2CCCCCCC2)cc1. The highest BCUT2D eigenvalue weighted by Crippen LogP contribution is 2.25. The van der Waals surface area contributed by atoms with E-state index >= 15 is 0 Å². The highest BCUT2D eigenvalue weighted by atomic mass is 32.2. The Hall–Kier alpha value is -0.870. The number of aryl methyl sites for hydroxylation is 1. The van der Waals surface area contributed by atoms with Crippen molar-refractivity contribution in [1.82, 2.24) is 0 Å². The molecule has 4 heteroatoms. The highest BCUT2D eigenvalue weighted by molar-refractivity contribution is 7.86. The molecule has 1 saturated carbocycles. The Morgan fingerprint density at radius 3 is 2.19 bits per heavy atom. The van der Waals surface area contributed by atoms with Gasteiger partial charge in [0.2, 0.25) is 0 Å². The minimum Gasteiger partial charge on any atom is -0.266 e. The molecule has 0 aromatic heterocycles. The molecule has 1 aliphatic carbocycles. The standard InChI is InChI=1S/C17H26O3S/c1-15-9-11-17(12-10-15)21(18,19)20-14-13-16-7-5-3-2-4-6-8-16/h9-12,16H,2-8,13-14H2,1H3. The molecule has 1 fully saturated rings. The molecule has 21 heavy (non-hydrogen) atoms. The van der Waals surface area contributed by atoms with E-state index in [-0.39, 0.29) is 4.90 Å². The normalized spacial score (nSPS) is 18.1. The van der Waals surface area contributed by atoms with Gasteiger partial charge in [-0.05, 0) is 31.4 Å². The lowest BCUT2D eigenvalue weighted by Crippen LogP contribution is -2.12. The second-order valence-corrected chi connectivity index (χ2v) is 7.70. The fraction of sp³-hybridized carbons (Fsp3) is 0.647. The summed E-state index contributed by atoms with van der Waals surface area (Å²) in [6, 6.07) is 6.82. The molecular weight excluding hydrogens is 284 g/mol. The van der Waals surface area contributed by atoms with Gasteiger partial charge in [0, 0.05) is 0 Å². The zero-order valence-electron chi connectivity index (χ0n) is 12.9. The smallest absolute Gasteiger partial charge is 0.266 e. The summed E-state index contributed by atoms with van der Waals surface area (Å²) in [6.07, 6.45) is 9.82. The van der Waals surface area contributed by atoms with E-state index in [0.717, 1.165) is 12.0 Å². The molecule has 0 atom stereocenters. The van der Waals surface area contributed by atoms with Crippen LogP contribution in [0.3, 0.4) is 0 Å². The van der Waals surface area contributed by atoms with E-state index < -0.39 is 10.1 Å². The summed E-state index contributed by atoms with van der Waals surface area (Å²) < 4.78 is 29.4. The maximum atomic E-state index is 12.1. The van der Waals surface area contributed by atoms with Crippen molar-refractivity contribution in [3.63, 3.8) is 0 Å². The van der Waals surface area contributed by atoms with E-state index in [1.165, 1.54) is 44.9 Å². The third kappa shape index (κ3) is 5.44. The molecule has 1 aromatic carbocycles. The number of hydrogen-bond donors (Lipinski definition) is 0. The average Bonchev–Trinajstić information content (AvgIpc) is 2.41. The van der Waals surface area contributed by atoms with Crippen molar-refractivity contribution in [2.45, 2.75) is 63.2 Å². The van der Waals surface area contributed by atoms with Crippen LogP contribution in [0.15, 0.2) is 29.2 Å². The molecule has 1 aromatic rings. The fourth-order valence-corrected chi connectivity index (χ4v) is 3.85. The molecule has 0 amide bonds. The first-order chi connectivity index (χ1) is 10.1. The van der Waals surface area contributed by atoms with Crippen molar-refractivity contribution < 1.29 is 12.6 Å². The van der Waals surface area contributed by atoms with Crippen molar-refractivity contribution in [3.8, 4) is 0 Å². The van der Waals surface area contributed by atoms with Gasteiger partial charge in [0.25, 0.3) is 10.1 Å². The summed E-state index contributed by atoms with van der Waals surface area (Å²) in [6.45, 7) is 2.24. The van der Waals surface area contributed by atoms with Gasteiger partial charge in [-0.25, -0.2) is 0 Å². The Balaban J connectivity index is 1.82. The summed E-state index contributed by atoms with van der Waals surface area (Å²) in [5, 5.41) is 0. The second kappa shape index (κ2) is 7.95. The van der Waals surface area contributed by atoms with E-state index in [0.29, 0.717) is 12.5 Å². The second-order valence-electron chi connectivity index (χ2n) is 6.09. The topological polar surface area (TPSA) is 43.4 Å². The van der Waals surface area contributed by atoms with Crippen LogP contribution in [-0.4, -0.2) is 15.0 Å². The maximum absolute atomic E-state index is 12.1. The van der Waals surface area contributed by atoms with Gasteiger partial charge in [-0.15, -0.1) is 0 Å². The minimum atomic E-state index is -3.59. The van der Waals surface area contributed by atoms with Gasteiger partial charge in [0.05, 0.1) is 11.5 Å². The van der Waals surface area contributed by atoms with Crippen LogP contribution >= 0.6 is 0 Å². The fourth-order valence-electron chi connectivity index (χ4n) is 2.93. The first-order valence-electron chi connectivity index (χ1n) is 8.04. The third-order valence-electron chi connectivity index (χ3n) is 4.30. The summed E-state index contributed by atoms with van der Waals surface area (Å²) in [5.74, 6) is 0.624. The van der Waals surface area contributed by atoms with Gasteiger partial charge in [0.15, 0.2) is 0 Å². The van der Waals surface area contributed by atoms with Crippen LogP contribution < -0.4 is 0 Å². The molecule has 118 valence electrons. The zero-order valence-corrected chi connectivity index (χ0v) is 13.7. The Morgan fingerprint density at radius 1 is 1.00 bits per heavy atom. The summed E-state index contributed by atoms with van der Waals surface area (Å²) in [4.78, 5) is 0.255. The predicted octanol–water partition coefficient (Wildman–Crippen LogP) is 4.45. The summed E-state index contributed by atoms with van der Waals surface area (Å²) >= 11 is 0. The lowest BCUT2D eigenvalue weighted by molar-refractivity contribution is 0.258. The van der Waals surface area contributed by atoms with Crippen molar-refractivity contribution >= 4 is 10.1 Å². The minimum absolute atomic E-state index is 0.255. The lowest BCUT2D eigenvalue weighted by atomic mass is 9.89. The Labute approximate surface area is 128 Å². The van der Waals surface area contributed by atoms with Gasteiger partial charge in [-0.3, -0.25) is 4.18 Å². The molecule has 0 saturated heterocycles. The van der Waals surface area contributed by atoms with E-state index in [4.69, 9.17) is 4.18 Å². The maximum Gasteiger partial charge on any atom is 0.296 e. The molecule has 0 unspecified atom stereocenters. The molecule has 0 radical (unpaired) electrons. The molecule has 0 spiro atoms. The van der Waals surface area contributed by atoms with Crippen LogP contribution in [0.2, 0.25) is 0 Å². The zero-order chi connectivity index (χ0) is 15.1. The Kier molecular flexibility index (Phi) is 6.24. The molecule has 1 aliphatic rings. The van der Waals surface area contributed by atoms with Crippen LogP contribution in [0.5, 0.6) is 0 Å². The third-order valence-corrected chi connectivity index (χ3v) is 5.63. The van der Waals surface area contributed by atoms with Gasteiger partial charge in [-0.1, -0.05) is 62.6 Å². The largest absolute Gasteiger partial charge is 0.296 e. The Morgan fingerprint density at radius 2 is 1.57 bits per heavy atom. The van der Waals surface area contributed by atoms with Crippen LogP contribution in [0.25, 0.3) is 0 Å². The summed E-state index contributed by atoms with van der Waals surface area (Å²) in [5.41, 5.74) is 1.04. The van der Waals surface area contributed by atoms with Crippen LogP contribution in [0, 0.1) is 12.8 Å². The van der Waals surface area contributed by atoms with E-state index in [9.17, 15) is 8.42 Å². The molecular formula is C17H26O3S. The predicted molar refractivity (Wildman–Crippen MR) is 84.7 cm³/mol. The van der Waals surface area contributed by atoms with E-state index in [2.05, 4.69) is 0 Å². The highest BCUT2D eigenvalue weighted by Gasteiger charge is 2.17. The quantitative estimate of drug-likeness (QED) is 0.755. The van der Waals surface area contributed by atoms with Crippen molar-refractivity contribution in [2.75, 3.05) is 6.61 Å². The number of benzene rings is 1. The van der Waals surface area contributed by atoms with Crippen molar-refractivity contribution in [2.24, 2.45) is 5.92 Å². The molecule has 0 bridgehead atoms. The first kappa shape index (κ1) is 16.5. The monoisotopic (exact) mass is 310 g/mol. The van der Waals surface area contributed by atoms with E-state index in [1.54, 1.807) is 24.3 Å². The molecule has 0 aliphatic heterocycles. The van der Waals surface area contributed by atoms with Crippen LogP contribution in [0.1, 0.15) is 56.9 Å². The van der Waals surface area contributed by atoms with Crippen LogP contribution in [0.4, 0.5) is 0 Å². The molecule has 0 heterocycles.